The van der Waals surface area contributed by atoms with Crippen LogP contribution in [0.15, 0.2) is 86.4 Å². The van der Waals surface area contributed by atoms with Crippen molar-refractivity contribution in [3.05, 3.63) is 93.3 Å². The number of sulfone groups is 1. The minimum atomic E-state index is -3.77. The van der Waals surface area contributed by atoms with Crippen LogP contribution in [0.3, 0.4) is 0 Å². The van der Waals surface area contributed by atoms with Gasteiger partial charge in [0.25, 0.3) is 11.1 Å². The normalized spacial score (nSPS) is 11.5. The predicted octanol–water partition coefficient (Wildman–Crippen LogP) is 1.98. The number of ether oxygens (including phenoxy) is 1. The topological polar surface area (TPSA) is 100 Å². The Balaban J connectivity index is 1.74. The van der Waals surface area contributed by atoms with Crippen molar-refractivity contribution in [2.24, 2.45) is 7.05 Å². The molecule has 0 atom stereocenters. The summed E-state index contributed by atoms with van der Waals surface area (Å²) in [7, 11) is -0.639. The van der Waals surface area contributed by atoms with Crippen LogP contribution in [0.2, 0.25) is 0 Å². The van der Waals surface area contributed by atoms with E-state index in [9.17, 15) is 18.0 Å². The molecule has 2 heterocycles. The minimum Gasteiger partial charge on any atom is -0.497 e. The maximum Gasteiger partial charge on any atom is 0.274 e. The molecule has 4 rings (SSSR count). The fourth-order valence-corrected chi connectivity index (χ4v) is 4.57. The summed E-state index contributed by atoms with van der Waals surface area (Å²) in [5.41, 5.74) is -0.188. The van der Waals surface area contributed by atoms with Gasteiger partial charge >= 0.3 is 0 Å². The molecule has 0 saturated carbocycles. The maximum absolute atomic E-state index is 13.0. The van der Waals surface area contributed by atoms with E-state index in [4.69, 9.17) is 4.74 Å². The Morgan fingerprint density at radius 3 is 2.39 bits per heavy atom. The molecule has 9 heteroatoms. The van der Waals surface area contributed by atoms with Crippen molar-refractivity contribution in [1.82, 2.24) is 14.3 Å². The van der Waals surface area contributed by atoms with Crippen LogP contribution in [-0.2, 0) is 23.4 Å². The van der Waals surface area contributed by atoms with Gasteiger partial charge in [0.05, 0.1) is 35.0 Å². The van der Waals surface area contributed by atoms with Crippen LogP contribution in [0.4, 0.5) is 0 Å². The third-order valence-corrected chi connectivity index (χ3v) is 6.79. The molecule has 0 N–H and O–H groups in total. The Labute approximate surface area is 177 Å². The second-order valence-corrected chi connectivity index (χ2v) is 8.93. The van der Waals surface area contributed by atoms with Crippen molar-refractivity contribution in [1.29, 1.82) is 0 Å². The van der Waals surface area contributed by atoms with Gasteiger partial charge in [-0.15, -0.1) is 0 Å². The average Bonchev–Trinajstić information content (AvgIpc) is 2.78. The SMILES string of the molecule is COc1ccc(S(=O)(=O)c2ccc3c(=O)n(Cc4cccn(C)c4=O)ncc3c2)cc1. The summed E-state index contributed by atoms with van der Waals surface area (Å²) in [6.07, 6.45) is 3.06. The van der Waals surface area contributed by atoms with Gasteiger partial charge in [0.2, 0.25) is 9.84 Å². The number of aryl methyl sites for hydroxylation is 1. The number of hydrogen-bond acceptors (Lipinski definition) is 6. The smallest absolute Gasteiger partial charge is 0.274 e. The number of benzene rings is 2. The number of fused-ring (bicyclic) bond motifs is 1. The van der Waals surface area contributed by atoms with E-state index in [1.54, 1.807) is 37.5 Å². The molecule has 0 aliphatic heterocycles. The van der Waals surface area contributed by atoms with E-state index in [0.717, 1.165) is 0 Å². The predicted molar refractivity (Wildman–Crippen MR) is 115 cm³/mol. The Kier molecular flexibility index (Phi) is 5.20. The van der Waals surface area contributed by atoms with E-state index < -0.39 is 15.4 Å². The standard InChI is InChI=1S/C22H19N3O5S/c1-24-11-3-4-15(21(24)26)14-25-22(27)20-10-9-19(12-16(20)13-23-25)31(28,29)18-7-5-17(30-2)6-8-18/h3-13H,14H2,1-2H3. The van der Waals surface area contributed by atoms with E-state index in [2.05, 4.69) is 5.10 Å². The Bertz CT molecular complexity index is 1500. The zero-order chi connectivity index (χ0) is 22.2. The first-order valence-corrected chi connectivity index (χ1v) is 10.8. The first-order chi connectivity index (χ1) is 14.8. The molecule has 0 fully saturated rings. The molecule has 0 unspecified atom stereocenters. The highest BCUT2D eigenvalue weighted by atomic mass is 32.2. The Hall–Kier alpha value is -3.72. The number of rotatable bonds is 5. The average molecular weight is 437 g/mol. The quantitative estimate of drug-likeness (QED) is 0.473. The molecule has 8 nitrogen and oxygen atoms in total. The van der Waals surface area contributed by atoms with Crippen LogP contribution >= 0.6 is 0 Å². The van der Waals surface area contributed by atoms with Crippen LogP contribution in [0, 0.1) is 0 Å². The van der Waals surface area contributed by atoms with E-state index >= 15 is 0 Å². The number of aromatic nitrogens is 3. The third-order valence-electron chi connectivity index (χ3n) is 5.03. The first-order valence-electron chi connectivity index (χ1n) is 9.35. The summed E-state index contributed by atoms with van der Waals surface area (Å²) < 4.78 is 33.6. The largest absolute Gasteiger partial charge is 0.497 e. The van der Waals surface area contributed by atoms with Crippen LogP contribution in [0.25, 0.3) is 10.8 Å². The third kappa shape index (κ3) is 3.75. The van der Waals surface area contributed by atoms with E-state index in [1.807, 2.05) is 0 Å². The van der Waals surface area contributed by atoms with E-state index in [1.165, 1.54) is 52.9 Å². The second kappa shape index (κ2) is 7.84. The number of pyridine rings is 1. The van der Waals surface area contributed by atoms with Gasteiger partial charge in [-0.2, -0.15) is 5.10 Å². The Morgan fingerprint density at radius 2 is 1.68 bits per heavy atom. The molecule has 0 radical (unpaired) electrons. The summed E-state index contributed by atoms with van der Waals surface area (Å²) in [5.74, 6) is 0.551. The van der Waals surface area contributed by atoms with Crippen LogP contribution in [-0.4, -0.2) is 29.9 Å². The highest BCUT2D eigenvalue weighted by molar-refractivity contribution is 7.91. The highest BCUT2D eigenvalue weighted by Crippen LogP contribution is 2.25. The van der Waals surface area contributed by atoms with Gasteiger partial charge in [-0.25, -0.2) is 13.1 Å². The summed E-state index contributed by atoms with van der Waals surface area (Å²) in [5, 5.41) is 4.85. The molecule has 0 saturated heterocycles. The summed E-state index contributed by atoms with van der Waals surface area (Å²) in [6, 6.07) is 13.7. The zero-order valence-corrected chi connectivity index (χ0v) is 17.7. The molecule has 0 amide bonds. The molecule has 0 bridgehead atoms. The van der Waals surface area contributed by atoms with Crippen molar-refractivity contribution in [2.75, 3.05) is 7.11 Å². The molecule has 31 heavy (non-hydrogen) atoms. The van der Waals surface area contributed by atoms with Crippen LogP contribution < -0.4 is 15.9 Å². The van der Waals surface area contributed by atoms with Gasteiger partial charge in [0.15, 0.2) is 0 Å². The van der Waals surface area contributed by atoms with Crippen LogP contribution in [0.1, 0.15) is 5.56 Å². The van der Waals surface area contributed by atoms with Crippen molar-refractivity contribution in [2.45, 2.75) is 16.3 Å². The molecule has 2 aromatic heterocycles. The van der Waals surface area contributed by atoms with Gasteiger partial charge < -0.3 is 9.30 Å². The molecule has 4 aromatic rings. The molecular weight excluding hydrogens is 418 g/mol. The van der Waals surface area contributed by atoms with Crippen molar-refractivity contribution >= 4 is 20.6 Å². The molecule has 158 valence electrons. The fraction of sp³-hybridized carbons (Fsp3) is 0.136. The van der Waals surface area contributed by atoms with Crippen LogP contribution in [0.5, 0.6) is 5.75 Å². The zero-order valence-electron chi connectivity index (χ0n) is 16.8. The monoisotopic (exact) mass is 437 g/mol. The summed E-state index contributed by atoms with van der Waals surface area (Å²) in [6.45, 7) is 0.0220. The van der Waals surface area contributed by atoms with E-state index in [-0.39, 0.29) is 21.9 Å². The van der Waals surface area contributed by atoms with Crippen molar-refractivity contribution < 1.29 is 13.2 Å². The number of methoxy groups -OCH3 is 1. The van der Waals surface area contributed by atoms with Crippen molar-refractivity contribution in [3.63, 3.8) is 0 Å². The molecule has 0 aliphatic rings. The van der Waals surface area contributed by atoms with Gasteiger partial charge in [0.1, 0.15) is 5.75 Å². The Morgan fingerprint density at radius 1 is 0.968 bits per heavy atom. The lowest BCUT2D eigenvalue weighted by atomic mass is 10.2. The maximum atomic E-state index is 13.0. The highest BCUT2D eigenvalue weighted by Gasteiger charge is 2.19. The summed E-state index contributed by atoms with van der Waals surface area (Å²) in [4.78, 5) is 25.3. The van der Waals surface area contributed by atoms with Gasteiger partial charge in [0, 0.05) is 24.2 Å². The lowest BCUT2D eigenvalue weighted by Gasteiger charge is -2.09. The van der Waals surface area contributed by atoms with Gasteiger partial charge in [-0.1, -0.05) is 6.07 Å². The lowest BCUT2D eigenvalue weighted by molar-refractivity contribution is 0.414. The molecular formula is C22H19N3O5S. The fourth-order valence-electron chi connectivity index (χ4n) is 3.27. The second-order valence-electron chi connectivity index (χ2n) is 6.98. The first kappa shape index (κ1) is 20.5. The molecule has 2 aromatic carbocycles. The number of hydrogen-bond donors (Lipinski definition) is 0. The van der Waals surface area contributed by atoms with Gasteiger partial charge in [-0.3, -0.25) is 9.59 Å². The molecule has 0 spiro atoms. The molecule has 0 aliphatic carbocycles. The summed E-state index contributed by atoms with van der Waals surface area (Å²) >= 11 is 0. The number of nitrogens with zero attached hydrogens (tertiary/aromatic N) is 3. The van der Waals surface area contributed by atoms with E-state index in [0.29, 0.717) is 22.1 Å². The van der Waals surface area contributed by atoms with Crippen molar-refractivity contribution in [3.8, 4) is 5.75 Å². The lowest BCUT2D eigenvalue weighted by Crippen LogP contribution is -2.28. The minimum absolute atomic E-state index is 0.0220. The van der Waals surface area contributed by atoms with Gasteiger partial charge in [-0.05, 0) is 48.5 Å².